The Morgan fingerprint density at radius 3 is 2.52 bits per heavy atom. The van der Waals surface area contributed by atoms with Crippen molar-refractivity contribution in [2.75, 3.05) is 20.8 Å². The second-order valence-corrected chi connectivity index (χ2v) is 5.53. The molecule has 0 radical (unpaired) electrons. The van der Waals surface area contributed by atoms with Crippen LogP contribution < -0.4 is 9.47 Å². The molecule has 0 aliphatic rings. The lowest BCUT2D eigenvalue weighted by atomic mass is 10.1. The number of carbonyl (C=O) groups is 1. The van der Waals surface area contributed by atoms with Crippen LogP contribution >= 0.6 is 23.2 Å². The molecule has 122 valence electrons. The molecule has 0 saturated heterocycles. The van der Waals surface area contributed by atoms with E-state index in [2.05, 4.69) is 0 Å². The van der Waals surface area contributed by atoms with Crippen LogP contribution in [0.1, 0.15) is 15.9 Å². The highest BCUT2D eigenvalue weighted by Gasteiger charge is 2.14. The maximum Gasteiger partial charge on any atom is 0.341 e. The lowest BCUT2D eigenvalue weighted by Gasteiger charge is -2.12. The first-order valence-corrected chi connectivity index (χ1v) is 7.64. The van der Waals surface area contributed by atoms with Gasteiger partial charge in [-0.05, 0) is 29.8 Å². The zero-order chi connectivity index (χ0) is 16.8. The van der Waals surface area contributed by atoms with Crippen LogP contribution in [-0.2, 0) is 11.2 Å². The largest absolute Gasteiger partial charge is 0.497 e. The van der Waals surface area contributed by atoms with Gasteiger partial charge in [-0.25, -0.2) is 4.79 Å². The van der Waals surface area contributed by atoms with E-state index in [4.69, 9.17) is 37.4 Å². The highest BCUT2D eigenvalue weighted by Crippen LogP contribution is 2.26. The number of methoxy groups -OCH3 is 2. The Bertz CT molecular complexity index is 701. The molecule has 0 saturated carbocycles. The van der Waals surface area contributed by atoms with Crippen LogP contribution in [0.15, 0.2) is 36.4 Å². The van der Waals surface area contributed by atoms with Crippen LogP contribution in [0.3, 0.4) is 0 Å². The Labute approximate surface area is 144 Å². The Balaban J connectivity index is 2.11. The van der Waals surface area contributed by atoms with Crippen molar-refractivity contribution >= 4 is 29.2 Å². The summed E-state index contributed by atoms with van der Waals surface area (Å²) in [5.41, 5.74) is 1.26. The van der Waals surface area contributed by atoms with Crippen molar-refractivity contribution in [1.29, 1.82) is 0 Å². The van der Waals surface area contributed by atoms with E-state index in [1.165, 1.54) is 7.11 Å². The Kier molecular flexibility index (Phi) is 6.13. The van der Waals surface area contributed by atoms with Gasteiger partial charge in [0, 0.05) is 22.5 Å². The SMILES string of the molecule is COC(=O)c1ccc(OC)cc1OCCc1ccc(Cl)cc1Cl. The second-order valence-electron chi connectivity index (χ2n) is 4.69. The van der Waals surface area contributed by atoms with E-state index in [-0.39, 0.29) is 0 Å². The monoisotopic (exact) mass is 354 g/mol. The van der Waals surface area contributed by atoms with Crippen LogP contribution in [0.5, 0.6) is 11.5 Å². The fourth-order valence-electron chi connectivity index (χ4n) is 2.02. The summed E-state index contributed by atoms with van der Waals surface area (Å²) in [6.07, 6.45) is 0.577. The lowest BCUT2D eigenvalue weighted by molar-refractivity contribution is 0.0596. The van der Waals surface area contributed by atoms with Gasteiger partial charge in [-0.1, -0.05) is 29.3 Å². The van der Waals surface area contributed by atoms with Gasteiger partial charge in [-0.15, -0.1) is 0 Å². The maximum absolute atomic E-state index is 11.8. The number of carbonyl (C=O) groups excluding carboxylic acids is 1. The van der Waals surface area contributed by atoms with E-state index in [0.29, 0.717) is 40.1 Å². The smallest absolute Gasteiger partial charge is 0.341 e. The quantitative estimate of drug-likeness (QED) is 0.720. The maximum atomic E-state index is 11.8. The van der Waals surface area contributed by atoms with Crippen molar-refractivity contribution in [1.82, 2.24) is 0 Å². The average Bonchev–Trinajstić information content (AvgIpc) is 2.56. The highest BCUT2D eigenvalue weighted by molar-refractivity contribution is 6.35. The van der Waals surface area contributed by atoms with Gasteiger partial charge in [0.2, 0.25) is 0 Å². The Morgan fingerprint density at radius 2 is 1.87 bits per heavy atom. The third-order valence-electron chi connectivity index (χ3n) is 3.24. The van der Waals surface area contributed by atoms with E-state index < -0.39 is 5.97 Å². The molecule has 0 aliphatic heterocycles. The molecule has 0 amide bonds. The summed E-state index contributed by atoms with van der Waals surface area (Å²) >= 11 is 12.0. The highest BCUT2D eigenvalue weighted by atomic mass is 35.5. The molecule has 23 heavy (non-hydrogen) atoms. The number of esters is 1. The predicted octanol–water partition coefficient (Wildman–Crippen LogP) is 4.41. The van der Waals surface area contributed by atoms with Gasteiger partial charge in [-0.2, -0.15) is 0 Å². The van der Waals surface area contributed by atoms with Crippen LogP contribution in [0.25, 0.3) is 0 Å². The van der Waals surface area contributed by atoms with Gasteiger partial charge in [0.05, 0.1) is 20.8 Å². The van der Waals surface area contributed by atoms with E-state index in [9.17, 15) is 4.79 Å². The molecular formula is C17H16Cl2O4. The first kappa shape index (κ1) is 17.4. The number of hydrogen-bond acceptors (Lipinski definition) is 4. The Morgan fingerprint density at radius 1 is 1.09 bits per heavy atom. The van der Waals surface area contributed by atoms with Crippen molar-refractivity contribution in [3.63, 3.8) is 0 Å². The molecule has 0 atom stereocenters. The number of rotatable bonds is 6. The van der Waals surface area contributed by atoms with E-state index in [1.54, 1.807) is 37.4 Å². The second kappa shape index (κ2) is 8.09. The summed E-state index contributed by atoms with van der Waals surface area (Å²) in [5, 5.41) is 1.17. The molecule has 0 unspecified atom stereocenters. The fourth-order valence-corrected chi connectivity index (χ4v) is 2.53. The van der Waals surface area contributed by atoms with Crippen molar-refractivity contribution in [3.05, 3.63) is 57.6 Å². The topological polar surface area (TPSA) is 44.8 Å². The van der Waals surface area contributed by atoms with E-state index in [1.807, 2.05) is 6.07 Å². The van der Waals surface area contributed by atoms with Gasteiger partial charge < -0.3 is 14.2 Å². The average molecular weight is 355 g/mol. The van der Waals surface area contributed by atoms with Crippen LogP contribution in [0.4, 0.5) is 0 Å². The normalized spacial score (nSPS) is 10.3. The molecule has 2 rings (SSSR count). The molecule has 0 spiro atoms. The van der Waals surface area contributed by atoms with Gasteiger partial charge in [0.25, 0.3) is 0 Å². The zero-order valence-corrected chi connectivity index (χ0v) is 14.3. The molecule has 2 aromatic carbocycles. The summed E-state index contributed by atoms with van der Waals surface area (Å²) in [6, 6.07) is 10.2. The van der Waals surface area contributed by atoms with Crippen molar-refractivity contribution in [2.45, 2.75) is 6.42 Å². The van der Waals surface area contributed by atoms with Gasteiger partial charge in [0.15, 0.2) is 0 Å². The molecule has 0 fully saturated rings. The number of halogens is 2. The lowest BCUT2D eigenvalue weighted by Crippen LogP contribution is -2.08. The third kappa shape index (κ3) is 4.53. The molecule has 0 N–H and O–H groups in total. The first-order valence-electron chi connectivity index (χ1n) is 6.88. The van der Waals surface area contributed by atoms with E-state index in [0.717, 1.165) is 5.56 Å². The fraction of sp³-hybridized carbons (Fsp3) is 0.235. The Hall–Kier alpha value is -1.91. The molecule has 0 aliphatic carbocycles. The standard InChI is InChI=1S/C17H16Cl2O4/c1-21-13-5-6-14(17(20)22-2)16(10-13)23-8-7-11-3-4-12(18)9-15(11)19/h3-6,9-10H,7-8H2,1-2H3. The van der Waals surface area contributed by atoms with Crippen molar-refractivity contribution < 1.29 is 19.0 Å². The zero-order valence-electron chi connectivity index (χ0n) is 12.8. The van der Waals surface area contributed by atoms with Crippen LogP contribution in [0, 0.1) is 0 Å². The summed E-state index contributed by atoms with van der Waals surface area (Å²) in [7, 11) is 2.87. The van der Waals surface area contributed by atoms with Crippen LogP contribution in [0.2, 0.25) is 10.0 Å². The molecule has 2 aromatic rings. The third-order valence-corrected chi connectivity index (χ3v) is 3.83. The molecule has 6 heteroatoms. The summed E-state index contributed by atoms with van der Waals surface area (Å²) in [4.78, 5) is 11.8. The van der Waals surface area contributed by atoms with Crippen molar-refractivity contribution in [3.8, 4) is 11.5 Å². The predicted molar refractivity (Wildman–Crippen MR) is 90.0 cm³/mol. The summed E-state index contributed by atoms with van der Waals surface area (Å²) in [5.74, 6) is 0.533. The molecule has 4 nitrogen and oxygen atoms in total. The minimum atomic E-state index is -0.466. The number of hydrogen-bond donors (Lipinski definition) is 0. The molecule has 0 bridgehead atoms. The number of ether oxygens (including phenoxy) is 3. The van der Waals surface area contributed by atoms with E-state index >= 15 is 0 Å². The minimum Gasteiger partial charge on any atom is -0.497 e. The molecule has 0 heterocycles. The summed E-state index contributed by atoms with van der Waals surface area (Å²) in [6.45, 7) is 0.346. The van der Waals surface area contributed by atoms with Crippen LogP contribution in [-0.4, -0.2) is 26.8 Å². The van der Waals surface area contributed by atoms with Gasteiger partial charge in [0.1, 0.15) is 17.1 Å². The van der Waals surface area contributed by atoms with Gasteiger partial charge >= 0.3 is 5.97 Å². The molecule has 0 aromatic heterocycles. The summed E-state index contributed by atoms with van der Waals surface area (Å²) < 4.78 is 15.6. The number of benzene rings is 2. The minimum absolute atomic E-state index is 0.343. The molecular weight excluding hydrogens is 339 g/mol. The first-order chi connectivity index (χ1) is 11.0. The van der Waals surface area contributed by atoms with Gasteiger partial charge in [-0.3, -0.25) is 0 Å². The van der Waals surface area contributed by atoms with Crippen molar-refractivity contribution in [2.24, 2.45) is 0 Å².